The summed E-state index contributed by atoms with van der Waals surface area (Å²) in [6, 6.07) is 8.29. The molecule has 7 nitrogen and oxygen atoms in total. The van der Waals surface area contributed by atoms with Crippen molar-refractivity contribution in [3.05, 3.63) is 58.9 Å². The van der Waals surface area contributed by atoms with Gasteiger partial charge in [-0.15, -0.1) is 0 Å². The third kappa shape index (κ3) is 5.03. The minimum absolute atomic E-state index is 0.0728. The van der Waals surface area contributed by atoms with Crippen LogP contribution in [-0.4, -0.2) is 34.9 Å². The average Bonchev–Trinajstić information content (AvgIpc) is 3.02. The zero-order valence-electron chi connectivity index (χ0n) is 14.5. The molecule has 7 heteroatoms. The molecule has 26 heavy (non-hydrogen) atoms. The van der Waals surface area contributed by atoms with Crippen molar-refractivity contribution in [3.63, 3.8) is 0 Å². The third-order valence-electron chi connectivity index (χ3n) is 4.15. The molecule has 1 unspecified atom stereocenters. The maximum absolute atomic E-state index is 12.5. The first-order valence-corrected chi connectivity index (χ1v) is 8.22. The zero-order chi connectivity index (χ0) is 19.1. The molecule has 1 aromatic carbocycles. The van der Waals surface area contributed by atoms with E-state index >= 15 is 0 Å². The molecule has 0 spiro atoms. The van der Waals surface area contributed by atoms with E-state index in [2.05, 4.69) is 4.98 Å². The lowest BCUT2D eigenvalue weighted by Crippen LogP contribution is -2.25. The number of carbonyl (C=O) groups is 3. The summed E-state index contributed by atoms with van der Waals surface area (Å²) < 4.78 is 4.70. The van der Waals surface area contributed by atoms with Crippen molar-refractivity contribution in [2.24, 2.45) is 5.73 Å². The fourth-order valence-electron chi connectivity index (χ4n) is 2.75. The Labute approximate surface area is 151 Å². The number of ether oxygens (including phenoxy) is 1. The smallest absolute Gasteiger partial charge is 0.310 e. The van der Waals surface area contributed by atoms with Gasteiger partial charge in [0.25, 0.3) is 0 Å². The number of esters is 1. The van der Waals surface area contributed by atoms with Gasteiger partial charge in [-0.2, -0.15) is 0 Å². The van der Waals surface area contributed by atoms with Crippen LogP contribution < -0.4 is 5.73 Å². The number of hydrogen-bond acceptors (Lipinski definition) is 5. The Morgan fingerprint density at radius 3 is 2.50 bits per heavy atom. The number of aryl methyl sites for hydroxylation is 1. The third-order valence-corrected chi connectivity index (χ3v) is 4.15. The van der Waals surface area contributed by atoms with Crippen LogP contribution in [0.15, 0.2) is 36.5 Å². The van der Waals surface area contributed by atoms with Crippen molar-refractivity contribution in [3.8, 4) is 0 Å². The van der Waals surface area contributed by atoms with Crippen molar-refractivity contribution in [1.82, 2.24) is 4.98 Å². The monoisotopic (exact) mass is 358 g/mol. The fraction of sp³-hybridized carbons (Fsp3) is 0.316. The van der Waals surface area contributed by atoms with Gasteiger partial charge in [-0.25, -0.2) is 0 Å². The molecule has 0 bridgehead atoms. The Balaban J connectivity index is 2.23. The van der Waals surface area contributed by atoms with Gasteiger partial charge < -0.3 is 20.6 Å². The summed E-state index contributed by atoms with van der Waals surface area (Å²) in [6.07, 6.45) is 1.85. The van der Waals surface area contributed by atoms with Gasteiger partial charge in [0.1, 0.15) is 6.04 Å². The first-order chi connectivity index (χ1) is 12.4. The zero-order valence-corrected chi connectivity index (χ0v) is 14.5. The number of aliphatic carboxylic acids is 1. The van der Waals surface area contributed by atoms with E-state index in [1.54, 1.807) is 6.20 Å². The lowest BCUT2D eigenvalue weighted by atomic mass is 9.96. The number of rotatable bonds is 9. The number of methoxy groups -OCH3 is 1. The number of H-pyrrole nitrogens is 1. The van der Waals surface area contributed by atoms with Gasteiger partial charge in [0, 0.05) is 24.7 Å². The second kappa shape index (κ2) is 8.96. The van der Waals surface area contributed by atoms with E-state index in [9.17, 15) is 14.4 Å². The van der Waals surface area contributed by atoms with E-state index in [4.69, 9.17) is 15.6 Å². The van der Waals surface area contributed by atoms with Gasteiger partial charge in [0.15, 0.2) is 5.78 Å². The maximum Gasteiger partial charge on any atom is 0.310 e. The molecule has 4 N–H and O–H groups in total. The van der Waals surface area contributed by atoms with Crippen LogP contribution in [0.4, 0.5) is 0 Å². The van der Waals surface area contributed by atoms with Crippen LogP contribution in [0.3, 0.4) is 0 Å². The molecule has 0 aliphatic heterocycles. The van der Waals surface area contributed by atoms with Crippen LogP contribution in [0.25, 0.3) is 0 Å². The van der Waals surface area contributed by atoms with E-state index in [1.807, 2.05) is 30.3 Å². The molecule has 2 rings (SSSR count). The molecule has 1 heterocycles. The molecule has 0 fully saturated rings. The predicted molar refractivity (Wildman–Crippen MR) is 94.6 cm³/mol. The van der Waals surface area contributed by atoms with Gasteiger partial charge in [0.2, 0.25) is 0 Å². The van der Waals surface area contributed by atoms with E-state index in [1.165, 1.54) is 7.11 Å². The minimum atomic E-state index is -0.943. The summed E-state index contributed by atoms with van der Waals surface area (Å²) in [5.74, 6) is -1.62. The highest BCUT2D eigenvalue weighted by molar-refractivity contribution is 5.87. The fourth-order valence-corrected chi connectivity index (χ4v) is 2.75. The van der Waals surface area contributed by atoms with Gasteiger partial charge in [0.05, 0.1) is 13.5 Å². The number of Topliss-reactive ketones (excluding diaryl/α,β-unsaturated/α-hetero) is 1. The van der Waals surface area contributed by atoms with Crippen LogP contribution >= 0.6 is 0 Å². The molecule has 1 atom stereocenters. The molecule has 0 saturated carbocycles. The molecule has 1 aromatic heterocycles. The van der Waals surface area contributed by atoms with Crippen LogP contribution in [0, 0.1) is 0 Å². The van der Waals surface area contributed by atoms with E-state index < -0.39 is 18.0 Å². The summed E-state index contributed by atoms with van der Waals surface area (Å²) in [4.78, 5) is 38.0. The normalized spacial score (nSPS) is 11.8. The SMILES string of the molecule is COC(=O)Cc1c(CCC(=O)O)c[nH]c1C(N)C(=O)Cc1ccccc1. The second-order valence-corrected chi connectivity index (χ2v) is 5.96. The van der Waals surface area contributed by atoms with Crippen LogP contribution in [0.5, 0.6) is 0 Å². The summed E-state index contributed by atoms with van der Waals surface area (Å²) in [5.41, 5.74) is 8.58. The highest BCUT2D eigenvalue weighted by Crippen LogP contribution is 2.23. The summed E-state index contributed by atoms with van der Waals surface area (Å²) in [5, 5.41) is 8.88. The highest BCUT2D eigenvalue weighted by atomic mass is 16.5. The van der Waals surface area contributed by atoms with Crippen molar-refractivity contribution >= 4 is 17.7 Å². The lowest BCUT2D eigenvalue weighted by Gasteiger charge is -2.13. The van der Waals surface area contributed by atoms with E-state index in [0.717, 1.165) is 5.56 Å². The van der Waals surface area contributed by atoms with Crippen molar-refractivity contribution in [2.45, 2.75) is 31.7 Å². The average molecular weight is 358 g/mol. The largest absolute Gasteiger partial charge is 0.481 e. The number of aromatic nitrogens is 1. The minimum Gasteiger partial charge on any atom is -0.481 e. The molecule has 2 aromatic rings. The first-order valence-electron chi connectivity index (χ1n) is 8.22. The van der Waals surface area contributed by atoms with Crippen molar-refractivity contribution in [1.29, 1.82) is 0 Å². The summed E-state index contributed by atoms with van der Waals surface area (Å²) >= 11 is 0. The number of benzene rings is 1. The number of nitrogens with two attached hydrogens (primary N) is 1. The number of ketones is 1. The van der Waals surface area contributed by atoms with Crippen molar-refractivity contribution in [2.75, 3.05) is 7.11 Å². The van der Waals surface area contributed by atoms with Gasteiger partial charge >= 0.3 is 11.9 Å². The quantitative estimate of drug-likeness (QED) is 0.585. The highest BCUT2D eigenvalue weighted by Gasteiger charge is 2.24. The van der Waals surface area contributed by atoms with Gasteiger partial charge in [-0.3, -0.25) is 14.4 Å². The van der Waals surface area contributed by atoms with Gasteiger partial charge in [-0.1, -0.05) is 30.3 Å². The number of hydrogen-bond donors (Lipinski definition) is 3. The topological polar surface area (TPSA) is 122 Å². The standard InChI is InChI=1S/C19H22N2O5/c1-26-17(25)10-14-13(7-8-16(23)24)11-21-19(14)18(20)15(22)9-12-5-3-2-4-6-12/h2-6,11,18,21H,7-10,20H2,1H3,(H,23,24). The number of nitrogens with one attached hydrogen (secondary N) is 1. The Kier molecular flexibility index (Phi) is 6.68. The van der Waals surface area contributed by atoms with E-state index in [-0.39, 0.29) is 31.5 Å². The van der Waals surface area contributed by atoms with Gasteiger partial charge in [-0.05, 0) is 23.1 Å². The van der Waals surface area contributed by atoms with Crippen LogP contribution in [-0.2, 0) is 38.4 Å². The maximum atomic E-state index is 12.5. The number of aromatic amines is 1. The molecule has 0 amide bonds. The lowest BCUT2D eigenvalue weighted by molar-refractivity contribution is -0.140. The Morgan fingerprint density at radius 1 is 1.19 bits per heavy atom. The second-order valence-electron chi connectivity index (χ2n) is 5.96. The van der Waals surface area contributed by atoms with Crippen LogP contribution in [0.1, 0.15) is 34.8 Å². The Morgan fingerprint density at radius 2 is 1.88 bits per heavy atom. The first kappa shape index (κ1) is 19.4. The predicted octanol–water partition coefficient (Wildman–Crippen LogP) is 1.56. The van der Waals surface area contributed by atoms with Crippen molar-refractivity contribution < 1.29 is 24.2 Å². The van der Waals surface area contributed by atoms with E-state index in [0.29, 0.717) is 16.8 Å². The number of carboxylic acid groups (broad SMARTS) is 1. The molecular weight excluding hydrogens is 336 g/mol. The summed E-state index contributed by atoms with van der Waals surface area (Å²) in [6.45, 7) is 0. The molecular formula is C19H22N2O5. The molecule has 138 valence electrons. The Hall–Kier alpha value is -2.93. The van der Waals surface area contributed by atoms with Crippen LogP contribution in [0.2, 0.25) is 0 Å². The molecule has 0 aliphatic rings. The summed E-state index contributed by atoms with van der Waals surface area (Å²) in [7, 11) is 1.27. The molecule has 0 saturated heterocycles. The number of carboxylic acids is 1. The number of carbonyl (C=O) groups excluding carboxylic acids is 2. The Bertz CT molecular complexity index is 782. The molecule has 0 aliphatic carbocycles. The molecule has 0 radical (unpaired) electrons.